The normalized spacial score (nSPS) is 23.1. The van der Waals surface area contributed by atoms with Crippen molar-refractivity contribution in [3.05, 3.63) is 0 Å². The highest BCUT2D eigenvalue weighted by molar-refractivity contribution is 5.70. The molecule has 1 amide bonds. The predicted octanol–water partition coefficient (Wildman–Crippen LogP) is 1.40. The first-order valence-corrected chi connectivity index (χ1v) is 7.40. The van der Waals surface area contributed by atoms with E-state index in [2.05, 4.69) is 17.1 Å². The van der Waals surface area contributed by atoms with Gasteiger partial charge in [-0.15, -0.1) is 0 Å². The third-order valence-corrected chi connectivity index (χ3v) is 3.42. The van der Waals surface area contributed by atoms with Crippen LogP contribution in [-0.2, 0) is 14.3 Å². The molecule has 0 bridgehead atoms. The molecule has 2 unspecified atom stereocenters. The lowest BCUT2D eigenvalue weighted by molar-refractivity contribution is -0.144. The van der Waals surface area contributed by atoms with E-state index in [-0.39, 0.29) is 24.0 Å². The Balaban J connectivity index is 2.50. The first kappa shape index (κ1) is 16.8. The summed E-state index contributed by atoms with van der Waals surface area (Å²) in [6.45, 7) is 9.01. The fourth-order valence-corrected chi connectivity index (χ4v) is 2.61. The zero-order chi connectivity index (χ0) is 15.0. The number of ether oxygens (including phenoxy) is 2. The number of carbonyl (C=O) groups excluding carboxylic acids is 2. The molecule has 0 aromatic heterocycles. The van der Waals surface area contributed by atoms with E-state index < -0.39 is 0 Å². The van der Waals surface area contributed by atoms with Gasteiger partial charge >= 0.3 is 12.1 Å². The molecule has 6 heteroatoms. The van der Waals surface area contributed by atoms with Crippen molar-refractivity contribution < 1.29 is 19.1 Å². The van der Waals surface area contributed by atoms with E-state index in [9.17, 15) is 9.59 Å². The zero-order valence-electron chi connectivity index (χ0n) is 12.7. The van der Waals surface area contributed by atoms with Crippen LogP contribution in [-0.4, -0.2) is 55.9 Å². The fourth-order valence-electron chi connectivity index (χ4n) is 2.61. The Labute approximate surface area is 120 Å². The summed E-state index contributed by atoms with van der Waals surface area (Å²) >= 11 is 0. The van der Waals surface area contributed by atoms with Crippen molar-refractivity contribution in [1.82, 2.24) is 10.2 Å². The van der Waals surface area contributed by atoms with E-state index in [4.69, 9.17) is 9.47 Å². The number of carbonyl (C=O) groups is 2. The molecule has 0 radical (unpaired) electrons. The minimum atomic E-state index is -0.384. The first-order chi connectivity index (χ1) is 9.58. The van der Waals surface area contributed by atoms with Crippen LogP contribution in [0.5, 0.6) is 0 Å². The number of hydrogen-bond donors (Lipinski definition) is 1. The van der Waals surface area contributed by atoms with E-state index in [1.165, 1.54) is 0 Å². The molecule has 0 aromatic carbocycles. The van der Waals surface area contributed by atoms with Gasteiger partial charge in [-0.2, -0.15) is 0 Å². The summed E-state index contributed by atoms with van der Waals surface area (Å²) < 4.78 is 9.91. The first-order valence-electron chi connectivity index (χ1n) is 7.40. The summed E-state index contributed by atoms with van der Waals surface area (Å²) in [5, 5.41) is 2.86. The van der Waals surface area contributed by atoms with Gasteiger partial charge in [-0.1, -0.05) is 6.92 Å². The molecule has 20 heavy (non-hydrogen) atoms. The highest BCUT2D eigenvalue weighted by Crippen LogP contribution is 2.20. The molecule has 1 aliphatic heterocycles. The van der Waals surface area contributed by atoms with Gasteiger partial charge in [0.2, 0.25) is 0 Å². The molecule has 2 atom stereocenters. The quantitative estimate of drug-likeness (QED) is 0.747. The third kappa shape index (κ3) is 5.77. The summed E-state index contributed by atoms with van der Waals surface area (Å²) in [6, 6.07) is 0.0298. The van der Waals surface area contributed by atoms with E-state index >= 15 is 0 Å². The van der Waals surface area contributed by atoms with Crippen LogP contribution in [0.25, 0.3) is 0 Å². The van der Waals surface area contributed by atoms with Gasteiger partial charge < -0.3 is 19.7 Å². The molecular weight excluding hydrogens is 260 g/mol. The maximum atomic E-state index is 11.6. The topological polar surface area (TPSA) is 67.9 Å². The van der Waals surface area contributed by atoms with Gasteiger partial charge in [0.05, 0.1) is 13.2 Å². The SMILES string of the molecule is CCOC(=O)CC1CC(NC(=O)OCC)CN(CC)C1. The second-order valence-corrected chi connectivity index (χ2v) is 5.02. The van der Waals surface area contributed by atoms with Crippen molar-refractivity contribution in [1.29, 1.82) is 0 Å². The number of hydrogen-bond acceptors (Lipinski definition) is 5. The number of likely N-dealkylation sites (N-methyl/N-ethyl adjacent to an activating group) is 1. The molecular formula is C14H26N2O4. The number of nitrogens with one attached hydrogen (secondary N) is 1. The third-order valence-electron chi connectivity index (χ3n) is 3.42. The van der Waals surface area contributed by atoms with Crippen molar-refractivity contribution >= 4 is 12.1 Å². The lowest BCUT2D eigenvalue weighted by atomic mass is 9.91. The van der Waals surface area contributed by atoms with Crippen LogP contribution in [0.1, 0.15) is 33.6 Å². The Morgan fingerprint density at radius 1 is 1.15 bits per heavy atom. The second-order valence-electron chi connectivity index (χ2n) is 5.02. The Hall–Kier alpha value is -1.30. The zero-order valence-corrected chi connectivity index (χ0v) is 12.7. The molecule has 6 nitrogen and oxygen atoms in total. The van der Waals surface area contributed by atoms with E-state index in [1.807, 2.05) is 6.92 Å². The van der Waals surface area contributed by atoms with Crippen LogP contribution in [0.15, 0.2) is 0 Å². The number of amides is 1. The summed E-state index contributed by atoms with van der Waals surface area (Å²) in [7, 11) is 0. The van der Waals surface area contributed by atoms with Gasteiger partial charge in [-0.3, -0.25) is 4.79 Å². The van der Waals surface area contributed by atoms with Crippen molar-refractivity contribution in [2.24, 2.45) is 5.92 Å². The van der Waals surface area contributed by atoms with Gasteiger partial charge in [0.15, 0.2) is 0 Å². The van der Waals surface area contributed by atoms with Crippen LogP contribution in [0, 0.1) is 5.92 Å². The smallest absolute Gasteiger partial charge is 0.407 e. The van der Waals surface area contributed by atoms with E-state index in [0.29, 0.717) is 19.6 Å². The Morgan fingerprint density at radius 2 is 1.85 bits per heavy atom. The van der Waals surface area contributed by atoms with Gasteiger partial charge in [0, 0.05) is 25.6 Å². The van der Waals surface area contributed by atoms with Crippen LogP contribution in [0.3, 0.4) is 0 Å². The summed E-state index contributed by atoms with van der Waals surface area (Å²) in [5.74, 6) is 0.0556. The van der Waals surface area contributed by atoms with Crippen LogP contribution in [0.4, 0.5) is 4.79 Å². The number of rotatable bonds is 6. The molecule has 116 valence electrons. The largest absolute Gasteiger partial charge is 0.466 e. The average molecular weight is 286 g/mol. The molecule has 1 heterocycles. The Morgan fingerprint density at radius 3 is 2.45 bits per heavy atom. The second kappa shape index (κ2) is 8.79. The van der Waals surface area contributed by atoms with Gasteiger partial charge in [0.1, 0.15) is 0 Å². The highest BCUT2D eigenvalue weighted by atomic mass is 16.5. The maximum absolute atomic E-state index is 11.6. The van der Waals surface area contributed by atoms with Crippen LogP contribution in [0.2, 0.25) is 0 Å². The molecule has 0 spiro atoms. The number of alkyl carbamates (subject to hydrolysis) is 1. The molecule has 1 saturated heterocycles. The Kier molecular flexibility index (Phi) is 7.36. The van der Waals surface area contributed by atoms with Gasteiger partial charge in [-0.05, 0) is 32.7 Å². The predicted molar refractivity (Wildman–Crippen MR) is 75.4 cm³/mol. The molecule has 0 aliphatic carbocycles. The van der Waals surface area contributed by atoms with E-state index in [0.717, 1.165) is 26.1 Å². The molecule has 1 N–H and O–H groups in total. The molecule has 1 fully saturated rings. The lowest BCUT2D eigenvalue weighted by Gasteiger charge is -2.37. The monoisotopic (exact) mass is 286 g/mol. The van der Waals surface area contributed by atoms with Gasteiger partial charge in [0.25, 0.3) is 0 Å². The Bertz CT molecular complexity index is 294. The van der Waals surface area contributed by atoms with Crippen molar-refractivity contribution in [2.45, 2.75) is 39.7 Å². The minimum Gasteiger partial charge on any atom is -0.466 e. The van der Waals surface area contributed by atoms with Crippen molar-refractivity contribution in [3.63, 3.8) is 0 Å². The molecule has 1 aliphatic rings. The highest BCUT2D eigenvalue weighted by Gasteiger charge is 2.29. The number of esters is 1. The summed E-state index contributed by atoms with van der Waals surface area (Å²) in [4.78, 5) is 25.3. The number of likely N-dealkylation sites (tertiary alicyclic amines) is 1. The summed E-state index contributed by atoms with van der Waals surface area (Å²) in [5.41, 5.74) is 0. The number of piperidine rings is 1. The minimum absolute atomic E-state index is 0.0298. The maximum Gasteiger partial charge on any atom is 0.407 e. The van der Waals surface area contributed by atoms with Gasteiger partial charge in [-0.25, -0.2) is 4.79 Å². The number of nitrogens with zero attached hydrogens (tertiary/aromatic N) is 1. The molecule has 0 aromatic rings. The van der Waals surface area contributed by atoms with Crippen LogP contribution >= 0.6 is 0 Å². The average Bonchev–Trinajstić information content (AvgIpc) is 2.38. The fraction of sp³-hybridized carbons (Fsp3) is 0.857. The van der Waals surface area contributed by atoms with Crippen LogP contribution < -0.4 is 5.32 Å². The standard InChI is InChI=1S/C14H26N2O4/c1-4-16-9-11(8-13(17)19-5-2)7-12(10-16)15-14(18)20-6-3/h11-12H,4-10H2,1-3H3,(H,15,18). The molecule has 1 rings (SSSR count). The molecule has 0 saturated carbocycles. The van der Waals surface area contributed by atoms with Crippen molar-refractivity contribution in [3.8, 4) is 0 Å². The lowest BCUT2D eigenvalue weighted by Crippen LogP contribution is -2.51. The summed E-state index contributed by atoms with van der Waals surface area (Å²) in [6.07, 6.45) is 0.810. The van der Waals surface area contributed by atoms with E-state index in [1.54, 1.807) is 6.92 Å². The van der Waals surface area contributed by atoms with Crippen molar-refractivity contribution in [2.75, 3.05) is 32.8 Å².